The lowest BCUT2D eigenvalue weighted by atomic mass is 10.0. The second kappa shape index (κ2) is 7.71. The van der Waals surface area contributed by atoms with Crippen molar-refractivity contribution in [2.24, 2.45) is 0 Å². The minimum atomic E-state index is -2.77. The number of hydrogen-bond acceptors (Lipinski definition) is 3. The van der Waals surface area contributed by atoms with Gasteiger partial charge in [0.2, 0.25) is 0 Å². The third-order valence-electron chi connectivity index (χ3n) is 4.17. The molecule has 2 unspecified atom stereocenters. The summed E-state index contributed by atoms with van der Waals surface area (Å²) in [6, 6.07) is 7.71. The van der Waals surface area contributed by atoms with Gasteiger partial charge in [-0.1, -0.05) is 18.6 Å². The molecule has 21 heavy (non-hydrogen) atoms. The summed E-state index contributed by atoms with van der Waals surface area (Å²) >= 11 is 0. The zero-order valence-corrected chi connectivity index (χ0v) is 12.7. The van der Waals surface area contributed by atoms with Crippen molar-refractivity contribution in [3.63, 3.8) is 0 Å². The maximum Gasteiger partial charge on any atom is 0.387 e. The molecular formula is C16H24F2N2O. The number of hydrogen-bond donors (Lipinski definition) is 1. The highest BCUT2D eigenvalue weighted by atomic mass is 19.3. The maximum atomic E-state index is 12.1. The summed E-state index contributed by atoms with van der Waals surface area (Å²) in [6.45, 7) is 1.46. The Bertz CT molecular complexity index is 419. The largest absolute Gasteiger partial charge is 0.435 e. The number of piperidine rings is 1. The Kier molecular flexibility index (Phi) is 5.94. The van der Waals surface area contributed by atoms with Gasteiger partial charge < -0.3 is 10.1 Å². The van der Waals surface area contributed by atoms with E-state index in [1.807, 2.05) is 12.1 Å². The SMILES string of the molecule is CC(c1ccc(OC(F)F)cc1)N(C)CC1CCCCN1. The van der Waals surface area contributed by atoms with Gasteiger partial charge in [0.15, 0.2) is 0 Å². The van der Waals surface area contributed by atoms with Crippen LogP contribution in [0.1, 0.15) is 37.8 Å². The van der Waals surface area contributed by atoms with Crippen LogP contribution in [0.25, 0.3) is 0 Å². The molecule has 1 saturated heterocycles. The highest BCUT2D eigenvalue weighted by Crippen LogP contribution is 2.23. The Hall–Kier alpha value is -1.20. The molecule has 0 amide bonds. The molecule has 1 aliphatic rings. The van der Waals surface area contributed by atoms with Gasteiger partial charge in [-0.05, 0) is 51.1 Å². The van der Waals surface area contributed by atoms with E-state index in [1.165, 1.54) is 19.3 Å². The summed E-state index contributed by atoms with van der Waals surface area (Å²) < 4.78 is 28.6. The minimum absolute atomic E-state index is 0.206. The summed E-state index contributed by atoms with van der Waals surface area (Å²) in [5, 5.41) is 3.54. The molecule has 0 bridgehead atoms. The highest BCUT2D eigenvalue weighted by molar-refractivity contribution is 5.29. The van der Waals surface area contributed by atoms with Crippen LogP contribution in [0.4, 0.5) is 8.78 Å². The lowest BCUT2D eigenvalue weighted by Crippen LogP contribution is -2.43. The van der Waals surface area contributed by atoms with E-state index in [1.54, 1.807) is 12.1 Å². The van der Waals surface area contributed by atoms with Crippen LogP contribution in [0, 0.1) is 0 Å². The van der Waals surface area contributed by atoms with Gasteiger partial charge in [-0.2, -0.15) is 8.78 Å². The van der Waals surface area contributed by atoms with E-state index >= 15 is 0 Å². The van der Waals surface area contributed by atoms with Crippen LogP contribution in [0.3, 0.4) is 0 Å². The van der Waals surface area contributed by atoms with Crippen molar-refractivity contribution in [1.82, 2.24) is 10.2 Å². The topological polar surface area (TPSA) is 24.5 Å². The Balaban J connectivity index is 1.90. The Morgan fingerprint density at radius 3 is 2.57 bits per heavy atom. The molecule has 0 aromatic heterocycles. The first-order valence-electron chi connectivity index (χ1n) is 7.54. The second-order valence-corrected chi connectivity index (χ2v) is 5.71. The number of benzene rings is 1. The lowest BCUT2D eigenvalue weighted by Gasteiger charge is -2.32. The molecular weight excluding hydrogens is 274 g/mol. The number of nitrogens with one attached hydrogen (secondary N) is 1. The van der Waals surface area contributed by atoms with Crippen molar-refractivity contribution in [3.8, 4) is 5.75 Å². The first kappa shape index (κ1) is 16.2. The van der Waals surface area contributed by atoms with E-state index < -0.39 is 6.61 Å². The van der Waals surface area contributed by atoms with E-state index in [2.05, 4.69) is 28.9 Å². The Morgan fingerprint density at radius 1 is 1.29 bits per heavy atom. The zero-order valence-electron chi connectivity index (χ0n) is 12.7. The Labute approximate surface area is 125 Å². The number of alkyl halides is 2. The van der Waals surface area contributed by atoms with Crippen LogP contribution in [0.5, 0.6) is 5.75 Å². The second-order valence-electron chi connectivity index (χ2n) is 5.71. The number of rotatable bonds is 6. The predicted octanol–water partition coefficient (Wildman–Crippen LogP) is 3.42. The van der Waals surface area contributed by atoms with Gasteiger partial charge in [-0.15, -0.1) is 0 Å². The fourth-order valence-electron chi connectivity index (χ4n) is 2.77. The average Bonchev–Trinajstić information content (AvgIpc) is 2.47. The van der Waals surface area contributed by atoms with E-state index in [9.17, 15) is 8.78 Å². The highest BCUT2D eigenvalue weighted by Gasteiger charge is 2.18. The molecule has 1 aliphatic heterocycles. The van der Waals surface area contributed by atoms with Crippen molar-refractivity contribution >= 4 is 0 Å². The molecule has 2 atom stereocenters. The van der Waals surface area contributed by atoms with Gasteiger partial charge in [0.25, 0.3) is 0 Å². The van der Waals surface area contributed by atoms with Crippen LogP contribution in [0.2, 0.25) is 0 Å². The molecule has 1 aromatic carbocycles. The zero-order chi connectivity index (χ0) is 15.2. The van der Waals surface area contributed by atoms with Gasteiger partial charge in [0, 0.05) is 18.6 Å². The summed E-state index contributed by atoms with van der Waals surface area (Å²) in [7, 11) is 2.10. The minimum Gasteiger partial charge on any atom is -0.435 e. The fourth-order valence-corrected chi connectivity index (χ4v) is 2.77. The molecule has 2 rings (SSSR count). The molecule has 118 valence electrons. The first-order valence-corrected chi connectivity index (χ1v) is 7.54. The lowest BCUT2D eigenvalue weighted by molar-refractivity contribution is -0.0498. The maximum absolute atomic E-state index is 12.1. The molecule has 3 nitrogen and oxygen atoms in total. The predicted molar refractivity (Wildman–Crippen MR) is 79.8 cm³/mol. The average molecular weight is 298 g/mol. The van der Waals surface area contributed by atoms with Gasteiger partial charge in [-0.25, -0.2) is 0 Å². The van der Waals surface area contributed by atoms with Crippen LogP contribution in [-0.2, 0) is 0 Å². The van der Waals surface area contributed by atoms with Gasteiger partial charge in [0.05, 0.1) is 0 Å². The molecule has 1 aromatic rings. The number of halogens is 2. The third kappa shape index (κ3) is 4.93. The summed E-state index contributed by atoms with van der Waals surface area (Å²) in [5.74, 6) is 0.206. The number of nitrogens with zero attached hydrogens (tertiary/aromatic N) is 1. The van der Waals surface area contributed by atoms with Crippen LogP contribution < -0.4 is 10.1 Å². The molecule has 0 saturated carbocycles. The molecule has 1 N–H and O–H groups in total. The van der Waals surface area contributed by atoms with Crippen molar-refractivity contribution < 1.29 is 13.5 Å². The normalized spacial score (nSPS) is 20.8. The summed E-state index contributed by atoms with van der Waals surface area (Å²) in [5.41, 5.74) is 1.11. The van der Waals surface area contributed by atoms with Crippen LogP contribution in [0.15, 0.2) is 24.3 Å². The number of ether oxygens (including phenoxy) is 1. The van der Waals surface area contributed by atoms with Crippen molar-refractivity contribution in [3.05, 3.63) is 29.8 Å². The van der Waals surface area contributed by atoms with E-state index in [4.69, 9.17) is 0 Å². The quantitative estimate of drug-likeness (QED) is 0.871. The van der Waals surface area contributed by atoms with Gasteiger partial charge in [0.1, 0.15) is 5.75 Å². The standard InChI is InChI=1S/C16H24F2N2O/c1-12(20(2)11-14-5-3-4-10-19-14)13-6-8-15(9-7-13)21-16(17)18/h6-9,12,14,16,19H,3-5,10-11H2,1-2H3. The van der Waals surface area contributed by atoms with Gasteiger partial charge >= 0.3 is 6.61 Å². The van der Waals surface area contributed by atoms with E-state index in [0.717, 1.165) is 18.7 Å². The molecule has 1 heterocycles. The fraction of sp³-hybridized carbons (Fsp3) is 0.625. The Morgan fingerprint density at radius 2 is 2.00 bits per heavy atom. The molecule has 5 heteroatoms. The van der Waals surface area contributed by atoms with Crippen LogP contribution in [-0.4, -0.2) is 37.7 Å². The van der Waals surface area contributed by atoms with Crippen molar-refractivity contribution in [2.45, 2.75) is 44.9 Å². The molecule has 0 aliphatic carbocycles. The van der Waals surface area contributed by atoms with E-state index in [-0.39, 0.29) is 11.8 Å². The first-order chi connectivity index (χ1) is 10.1. The van der Waals surface area contributed by atoms with Gasteiger partial charge in [-0.3, -0.25) is 4.90 Å². The molecule has 0 spiro atoms. The molecule has 0 radical (unpaired) electrons. The van der Waals surface area contributed by atoms with Crippen molar-refractivity contribution in [2.75, 3.05) is 20.1 Å². The van der Waals surface area contributed by atoms with E-state index in [0.29, 0.717) is 6.04 Å². The third-order valence-corrected chi connectivity index (χ3v) is 4.17. The summed E-state index contributed by atoms with van der Waals surface area (Å²) in [4.78, 5) is 2.30. The van der Waals surface area contributed by atoms with Crippen molar-refractivity contribution in [1.29, 1.82) is 0 Å². The number of likely N-dealkylation sites (N-methyl/N-ethyl adjacent to an activating group) is 1. The van der Waals surface area contributed by atoms with Crippen LogP contribution >= 0.6 is 0 Å². The molecule has 1 fully saturated rings. The smallest absolute Gasteiger partial charge is 0.387 e. The summed E-state index contributed by atoms with van der Waals surface area (Å²) in [6.07, 6.45) is 3.78. The monoisotopic (exact) mass is 298 g/mol.